The molecule has 132 valence electrons. The molecule has 1 saturated heterocycles. The summed E-state index contributed by atoms with van der Waals surface area (Å²) in [5.74, 6) is -0.971. The fourth-order valence-corrected chi connectivity index (χ4v) is 3.69. The second kappa shape index (κ2) is 7.65. The van der Waals surface area contributed by atoms with Crippen LogP contribution in [-0.4, -0.2) is 53.9 Å². The van der Waals surface area contributed by atoms with Gasteiger partial charge in [-0.1, -0.05) is 41.7 Å². The van der Waals surface area contributed by atoms with Crippen molar-refractivity contribution in [2.75, 3.05) is 31.1 Å². The van der Waals surface area contributed by atoms with Crippen LogP contribution in [0.1, 0.15) is 13.8 Å². The van der Waals surface area contributed by atoms with Crippen molar-refractivity contribution in [3.05, 3.63) is 36.5 Å². The van der Waals surface area contributed by atoms with Gasteiger partial charge in [0.05, 0.1) is 4.88 Å². The number of amides is 2. The zero-order chi connectivity index (χ0) is 17.8. The van der Waals surface area contributed by atoms with Crippen LogP contribution >= 0.6 is 11.3 Å². The van der Waals surface area contributed by atoms with Crippen molar-refractivity contribution >= 4 is 28.3 Å². The van der Waals surface area contributed by atoms with E-state index >= 15 is 0 Å². The maximum absolute atomic E-state index is 12.1. The number of nitrogens with one attached hydrogen (secondary N) is 1. The topological polar surface area (TPSA) is 65.5 Å². The van der Waals surface area contributed by atoms with E-state index in [9.17, 15) is 9.59 Å². The van der Waals surface area contributed by atoms with Crippen LogP contribution < -0.4 is 10.2 Å². The molecule has 25 heavy (non-hydrogen) atoms. The molecule has 1 aromatic carbocycles. The lowest BCUT2D eigenvalue weighted by Gasteiger charge is -2.34. The highest BCUT2D eigenvalue weighted by atomic mass is 32.1. The molecule has 6 nitrogen and oxygen atoms in total. The highest BCUT2D eigenvalue weighted by Gasteiger charge is 2.27. The maximum Gasteiger partial charge on any atom is 0.312 e. The molecule has 3 rings (SSSR count). The van der Waals surface area contributed by atoms with E-state index in [4.69, 9.17) is 0 Å². The summed E-state index contributed by atoms with van der Waals surface area (Å²) >= 11 is 1.65. The van der Waals surface area contributed by atoms with Crippen molar-refractivity contribution in [1.82, 2.24) is 15.2 Å². The third-order valence-electron chi connectivity index (χ3n) is 4.00. The number of anilines is 1. The molecule has 0 aliphatic carbocycles. The molecule has 1 N–H and O–H groups in total. The van der Waals surface area contributed by atoms with E-state index in [1.807, 2.05) is 38.2 Å². The highest BCUT2D eigenvalue weighted by Crippen LogP contribution is 2.31. The number of rotatable bonds is 3. The molecule has 0 bridgehead atoms. The van der Waals surface area contributed by atoms with E-state index < -0.39 is 11.8 Å². The number of hydrogen-bond acceptors (Lipinski definition) is 5. The molecule has 0 spiro atoms. The van der Waals surface area contributed by atoms with Crippen LogP contribution in [-0.2, 0) is 9.59 Å². The Bertz CT molecular complexity index is 737. The predicted molar refractivity (Wildman–Crippen MR) is 99.6 cm³/mol. The van der Waals surface area contributed by atoms with Crippen LogP contribution in [0.15, 0.2) is 36.5 Å². The van der Waals surface area contributed by atoms with E-state index in [0.29, 0.717) is 26.2 Å². The lowest BCUT2D eigenvalue weighted by molar-refractivity contribution is -0.146. The number of benzene rings is 1. The van der Waals surface area contributed by atoms with Gasteiger partial charge in [0.15, 0.2) is 5.13 Å². The molecular formula is C18H22N4O2S. The summed E-state index contributed by atoms with van der Waals surface area (Å²) in [4.78, 5) is 33.4. The lowest BCUT2D eigenvalue weighted by Crippen LogP contribution is -2.53. The van der Waals surface area contributed by atoms with Gasteiger partial charge in [-0.25, -0.2) is 4.98 Å². The molecule has 2 amide bonds. The number of nitrogens with zero attached hydrogens (tertiary/aromatic N) is 3. The Labute approximate surface area is 151 Å². The Hall–Kier alpha value is -2.41. The van der Waals surface area contributed by atoms with Crippen LogP contribution in [0, 0.1) is 0 Å². The average Bonchev–Trinajstić information content (AvgIpc) is 3.11. The van der Waals surface area contributed by atoms with Gasteiger partial charge in [0, 0.05) is 38.4 Å². The Kier molecular flexibility index (Phi) is 5.33. The molecule has 1 aliphatic heterocycles. The van der Waals surface area contributed by atoms with E-state index in [1.165, 1.54) is 0 Å². The molecule has 0 atom stereocenters. The lowest BCUT2D eigenvalue weighted by atomic mass is 10.2. The Balaban J connectivity index is 1.59. The SMILES string of the molecule is CC(C)NC(=O)C(=O)N1CCN(c2ncc(-c3ccccc3)s2)CC1. The summed E-state index contributed by atoms with van der Waals surface area (Å²) in [5.41, 5.74) is 1.16. The zero-order valence-electron chi connectivity index (χ0n) is 14.4. The second-order valence-corrected chi connectivity index (χ2v) is 7.29. The molecule has 2 aromatic rings. The van der Waals surface area contributed by atoms with Crippen molar-refractivity contribution in [2.45, 2.75) is 19.9 Å². The van der Waals surface area contributed by atoms with Crippen molar-refractivity contribution in [2.24, 2.45) is 0 Å². The van der Waals surface area contributed by atoms with Crippen molar-refractivity contribution < 1.29 is 9.59 Å². The van der Waals surface area contributed by atoms with Crippen LogP contribution in [0.25, 0.3) is 10.4 Å². The number of piperazine rings is 1. The van der Waals surface area contributed by atoms with E-state index in [1.54, 1.807) is 16.2 Å². The Morgan fingerprint density at radius 2 is 1.80 bits per heavy atom. The average molecular weight is 358 g/mol. The van der Waals surface area contributed by atoms with Crippen LogP contribution in [0.4, 0.5) is 5.13 Å². The molecule has 0 radical (unpaired) electrons. The van der Waals surface area contributed by atoms with Crippen LogP contribution in [0.3, 0.4) is 0 Å². The largest absolute Gasteiger partial charge is 0.346 e. The minimum absolute atomic E-state index is 0.0375. The number of aromatic nitrogens is 1. The predicted octanol–water partition coefficient (Wildman–Crippen LogP) is 1.98. The summed E-state index contributed by atoms with van der Waals surface area (Å²) < 4.78 is 0. The fourth-order valence-electron chi connectivity index (χ4n) is 2.72. The van der Waals surface area contributed by atoms with Gasteiger partial charge in [-0.15, -0.1) is 0 Å². The minimum atomic E-state index is -0.524. The molecule has 1 fully saturated rings. The minimum Gasteiger partial charge on any atom is -0.346 e. The Morgan fingerprint density at radius 1 is 1.12 bits per heavy atom. The van der Waals surface area contributed by atoms with Gasteiger partial charge in [0.1, 0.15) is 0 Å². The van der Waals surface area contributed by atoms with E-state index in [2.05, 4.69) is 27.3 Å². The molecular weight excluding hydrogens is 336 g/mol. The summed E-state index contributed by atoms with van der Waals surface area (Å²) in [5, 5.41) is 3.61. The third-order valence-corrected chi connectivity index (χ3v) is 5.11. The number of thiazole rings is 1. The molecule has 2 heterocycles. The quantitative estimate of drug-likeness (QED) is 0.852. The normalized spacial score (nSPS) is 14.7. The number of carbonyl (C=O) groups is 2. The van der Waals surface area contributed by atoms with Gasteiger partial charge in [0.25, 0.3) is 0 Å². The van der Waals surface area contributed by atoms with Gasteiger partial charge in [-0.3, -0.25) is 9.59 Å². The van der Waals surface area contributed by atoms with Gasteiger partial charge < -0.3 is 15.1 Å². The standard InChI is InChI=1S/C18H22N4O2S/c1-13(2)20-16(23)17(24)21-8-10-22(11-9-21)18-19-12-15(25-18)14-6-4-3-5-7-14/h3-7,12-13H,8-11H2,1-2H3,(H,20,23). The molecule has 1 aliphatic rings. The number of carbonyl (C=O) groups excluding carboxylic acids is 2. The summed E-state index contributed by atoms with van der Waals surface area (Å²) in [6, 6.07) is 10.1. The first-order valence-electron chi connectivity index (χ1n) is 8.40. The van der Waals surface area contributed by atoms with Gasteiger partial charge in [-0.2, -0.15) is 0 Å². The maximum atomic E-state index is 12.1. The first kappa shape index (κ1) is 17.4. The monoisotopic (exact) mass is 358 g/mol. The first-order valence-corrected chi connectivity index (χ1v) is 9.22. The molecule has 0 unspecified atom stereocenters. The van der Waals surface area contributed by atoms with Crippen molar-refractivity contribution in [3.63, 3.8) is 0 Å². The first-order chi connectivity index (χ1) is 12.0. The van der Waals surface area contributed by atoms with Gasteiger partial charge in [0.2, 0.25) is 0 Å². The summed E-state index contributed by atoms with van der Waals surface area (Å²) in [7, 11) is 0. The molecule has 0 saturated carbocycles. The second-order valence-electron chi connectivity index (χ2n) is 6.28. The van der Waals surface area contributed by atoms with Crippen molar-refractivity contribution in [3.8, 4) is 10.4 Å². The Morgan fingerprint density at radius 3 is 2.44 bits per heavy atom. The van der Waals surface area contributed by atoms with Crippen LogP contribution in [0.2, 0.25) is 0 Å². The van der Waals surface area contributed by atoms with Crippen LogP contribution in [0.5, 0.6) is 0 Å². The third kappa shape index (κ3) is 4.17. The fraction of sp³-hybridized carbons (Fsp3) is 0.389. The van der Waals surface area contributed by atoms with Gasteiger partial charge in [-0.05, 0) is 19.4 Å². The smallest absolute Gasteiger partial charge is 0.312 e. The zero-order valence-corrected chi connectivity index (χ0v) is 15.3. The van der Waals surface area contributed by atoms with Crippen molar-refractivity contribution in [1.29, 1.82) is 0 Å². The molecule has 1 aromatic heterocycles. The summed E-state index contributed by atoms with van der Waals surface area (Å²) in [6.45, 7) is 6.12. The van der Waals surface area contributed by atoms with E-state index in [0.717, 1.165) is 15.6 Å². The van der Waals surface area contributed by atoms with Gasteiger partial charge >= 0.3 is 11.8 Å². The summed E-state index contributed by atoms with van der Waals surface area (Å²) in [6.07, 6.45) is 1.89. The molecule has 7 heteroatoms. The highest BCUT2D eigenvalue weighted by molar-refractivity contribution is 7.18. The number of hydrogen-bond donors (Lipinski definition) is 1. The van der Waals surface area contributed by atoms with E-state index in [-0.39, 0.29) is 6.04 Å².